The molecule has 6 heteroatoms. The highest BCUT2D eigenvalue weighted by molar-refractivity contribution is 5.76. The zero-order chi connectivity index (χ0) is 17.7. The molecule has 2 rings (SSSR count). The molecule has 0 saturated carbocycles. The lowest BCUT2D eigenvalue weighted by Gasteiger charge is -2.41. The maximum absolute atomic E-state index is 12.2. The van der Waals surface area contributed by atoms with Crippen LogP contribution in [0.25, 0.3) is 0 Å². The minimum absolute atomic E-state index is 0.0715. The van der Waals surface area contributed by atoms with Gasteiger partial charge in [-0.3, -0.25) is 9.69 Å². The molecule has 24 heavy (non-hydrogen) atoms. The Kier molecular flexibility index (Phi) is 6.27. The molecular weight excluding hydrogens is 317 g/mol. The van der Waals surface area contributed by atoms with E-state index in [0.717, 1.165) is 19.6 Å². The van der Waals surface area contributed by atoms with Gasteiger partial charge in [-0.05, 0) is 17.4 Å². The summed E-state index contributed by atoms with van der Waals surface area (Å²) in [6.45, 7) is 6.59. The Balaban J connectivity index is 1.85. The second-order valence-corrected chi connectivity index (χ2v) is 6.84. The van der Waals surface area contributed by atoms with Gasteiger partial charge in [-0.25, -0.2) is 0 Å². The molecule has 1 amide bonds. The number of piperidine rings is 1. The van der Waals surface area contributed by atoms with Gasteiger partial charge in [0.05, 0.1) is 6.42 Å². The molecule has 1 saturated heterocycles. The minimum Gasteiger partial charge on any atom is -0.353 e. The maximum Gasteiger partial charge on any atom is 0.389 e. The van der Waals surface area contributed by atoms with Gasteiger partial charge < -0.3 is 5.32 Å². The number of alkyl halides is 3. The minimum atomic E-state index is -4.28. The molecule has 1 aliphatic rings. The van der Waals surface area contributed by atoms with Crippen molar-refractivity contribution in [2.75, 3.05) is 13.1 Å². The number of nitrogens with one attached hydrogen (secondary N) is 1. The standard InChI is InChI=1S/C18H25F3N2O/c1-13-10-23(12-15-6-4-3-5-7-15)11-14(2)17(13)22-16(24)8-9-18(19,20)21/h3-7,13-14,17H,8-12H2,1-2H3,(H,22,24)/t13-,14+,17?. The number of amides is 1. The van der Waals surface area contributed by atoms with Crippen LogP contribution in [0.4, 0.5) is 13.2 Å². The molecule has 0 aromatic heterocycles. The van der Waals surface area contributed by atoms with Gasteiger partial charge in [0.15, 0.2) is 0 Å². The van der Waals surface area contributed by atoms with Crippen molar-refractivity contribution in [3.63, 3.8) is 0 Å². The second-order valence-electron chi connectivity index (χ2n) is 6.84. The van der Waals surface area contributed by atoms with Crippen molar-refractivity contribution in [2.45, 2.75) is 45.5 Å². The summed E-state index contributed by atoms with van der Waals surface area (Å²) in [5, 5.41) is 2.81. The highest BCUT2D eigenvalue weighted by Crippen LogP contribution is 2.25. The Morgan fingerprint density at radius 2 is 1.75 bits per heavy atom. The van der Waals surface area contributed by atoms with Crippen molar-refractivity contribution in [2.24, 2.45) is 11.8 Å². The lowest BCUT2D eigenvalue weighted by atomic mass is 9.85. The molecule has 1 heterocycles. The van der Waals surface area contributed by atoms with E-state index in [1.165, 1.54) is 5.56 Å². The number of likely N-dealkylation sites (tertiary alicyclic amines) is 1. The molecule has 0 spiro atoms. The third-order valence-electron chi connectivity index (χ3n) is 4.53. The van der Waals surface area contributed by atoms with E-state index in [1.54, 1.807) is 0 Å². The molecule has 0 bridgehead atoms. The molecule has 3 atom stereocenters. The predicted octanol–water partition coefficient (Wildman–Crippen LogP) is 3.60. The molecule has 1 aromatic rings. The lowest BCUT2D eigenvalue weighted by Crippen LogP contribution is -2.54. The average molecular weight is 342 g/mol. The summed E-state index contributed by atoms with van der Waals surface area (Å²) in [6.07, 6.45) is -5.84. The first kappa shape index (κ1) is 18.8. The first-order valence-corrected chi connectivity index (χ1v) is 8.37. The summed E-state index contributed by atoms with van der Waals surface area (Å²) < 4.78 is 36.7. The number of hydrogen-bond acceptors (Lipinski definition) is 2. The van der Waals surface area contributed by atoms with Crippen LogP contribution in [0.1, 0.15) is 32.3 Å². The summed E-state index contributed by atoms with van der Waals surface area (Å²) >= 11 is 0. The zero-order valence-corrected chi connectivity index (χ0v) is 14.1. The van der Waals surface area contributed by atoms with Crippen LogP contribution in [0, 0.1) is 11.8 Å². The fraction of sp³-hybridized carbons (Fsp3) is 0.611. The molecular formula is C18H25F3N2O. The van der Waals surface area contributed by atoms with E-state index >= 15 is 0 Å². The van der Waals surface area contributed by atoms with Gasteiger partial charge in [0, 0.05) is 32.1 Å². The molecule has 134 valence electrons. The van der Waals surface area contributed by atoms with Crippen molar-refractivity contribution in [1.29, 1.82) is 0 Å². The van der Waals surface area contributed by atoms with Gasteiger partial charge in [0.25, 0.3) is 0 Å². The van der Waals surface area contributed by atoms with Gasteiger partial charge in [0.2, 0.25) is 5.91 Å². The molecule has 0 radical (unpaired) electrons. The van der Waals surface area contributed by atoms with Gasteiger partial charge in [-0.15, -0.1) is 0 Å². The van der Waals surface area contributed by atoms with Crippen LogP contribution < -0.4 is 5.32 Å². The second kappa shape index (κ2) is 8.01. The van der Waals surface area contributed by atoms with Gasteiger partial charge in [0.1, 0.15) is 0 Å². The fourth-order valence-electron chi connectivity index (χ4n) is 3.45. The zero-order valence-electron chi connectivity index (χ0n) is 14.1. The van der Waals surface area contributed by atoms with Crippen LogP contribution in [-0.2, 0) is 11.3 Å². The number of carbonyl (C=O) groups excluding carboxylic acids is 1. The predicted molar refractivity (Wildman–Crippen MR) is 87.3 cm³/mol. The smallest absolute Gasteiger partial charge is 0.353 e. The number of halogens is 3. The van der Waals surface area contributed by atoms with Crippen molar-refractivity contribution in [3.05, 3.63) is 35.9 Å². The van der Waals surface area contributed by atoms with Crippen molar-refractivity contribution in [3.8, 4) is 0 Å². The van der Waals surface area contributed by atoms with Crippen LogP contribution in [0.3, 0.4) is 0 Å². The average Bonchev–Trinajstić information content (AvgIpc) is 2.49. The van der Waals surface area contributed by atoms with Crippen molar-refractivity contribution in [1.82, 2.24) is 10.2 Å². The number of benzene rings is 1. The highest BCUT2D eigenvalue weighted by Gasteiger charge is 2.34. The van der Waals surface area contributed by atoms with E-state index in [1.807, 2.05) is 32.0 Å². The molecule has 1 aromatic carbocycles. The van der Waals surface area contributed by atoms with Gasteiger partial charge in [-0.1, -0.05) is 44.2 Å². The third-order valence-corrected chi connectivity index (χ3v) is 4.53. The maximum atomic E-state index is 12.2. The van der Waals surface area contributed by atoms with Gasteiger partial charge in [-0.2, -0.15) is 13.2 Å². The Hall–Kier alpha value is -1.56. The van der Waals surface area contributed by atoms with Crippen molar-refractivity contribution >= 4 is 5.91 Å². The molecule has 1 aliphatic heterocycles. The first-order valence-electron chi connectivity index (χ1n) is 8.37. The summed E-state index contributed by atoms with van der Waals surface area (Å²) in [5.74, 6) is -0.105. The Bertz CT molecular complexity index is 521. The van der Waals surface area contributed by atoms with E-state index in [9.17, 15) is 18.0 Å². The molecule has 1 fully saturated rings. The van der Waals surface area contributed by atoms with Crippen molar-refractivity contribution < 1.29 is 18.0 Å². The molecule has 0 aliphatic carbocycles. The normalized spacial score (nSPS) is 25.5. The Morgan fingerprint density at radius 1 is 1.17 bits per heavy atom. The molecule has 1 unspecified atom stereocenters. The molecule has 3 nitrogen and oxygen atoms in total. The van der Waals surface area contributed by atoms with E-state index in [0.29, 0.717) is 0 Å². The van der Waals surface area contributed by atoms with Crippen LogP contribution >= 0.6 is 0 Å². The summed E-state index contributed by atoms with van der Waals surface area (Å²) in [4.78, 5) is 14.1. The highest BCUT2D eigenvalue weighted by atomic mass is 19.4. The number of nitrogens with zero attached hydrogens (tertiary/aromatic N) is 1. The summed E-state index contributed by atoms with van der Waals surface area (Å²) in [7, 11) is 0. The first-order chi connectivity index (χ1) is 11.2. The quantitative estimate of drug-likeness (QED) is 0.887. The summed E-state index contributed by atoms with van der Waals surface area (Å²) in [5.41, 5.74) is 1.24. The topological polar surface area (TPSA) is 32.3 Å². The Morgan fingerprint density at radius 3 is 2.29 bits per heavy atom. The molecule has 1 N–H and O–H groups in total. The third kappa shape index (κ3) is 5.82. The van der Waals surface area contributed by atoms with Crippen LogP contribution in [-0.4, -0.2) is 36.1 Å². The van der Waals surface area contributed by atoms with E-state index in [2.05, 4.69) is 22.3 Å². The van der Waals surface area contributed by atoms with Crippen LogP contribution in [0.15, 0.2) is 30.3 Å². The SMILES string of the molecule is C[C@@H]1CN(Cc2ccccc2)C[C@H](C)C1NC(=O)CCC(F)(F)F. The number of carbonyl (C=O) groups is 1. The number of hydrogen-bond donors (Lipinski definition) is 1. The Labute approximate surface area is 141 Å². The number of rotatable bonds is 5. The van der Waals surface area contributed by atoms with E-state index in [-0.39, 0.29) is 17.9 Å². The van der Waals surface area contributed by atoms with Crippen LogP contribution in [0.5, 0.6) is 0 Å². The summed E-state index contributed by atoms with van der Waals surface area (Å²) in [6, 6.07) is 10.1. The monoisotopic (exact) mass is 342 g/mol. The van der Waals surface area contributed by atoms with E-state index < -0.39 is 24.9 Å². The largest absolute Gasteiger partial charge is 0.389 e. The van der Waals surface area contributed by atoms with Crippen LogP contribution in [0.2, 0.25) is 0 Å². The lowest BCUT2D eigenvalue weighted by molar-refractivity contribution is -0.144. The fourth-order valence-corrected chi connectivity index (χ4v) is 3.45. The van der Waals surface area contributed by atoms with Gasteiger partial charge >= 0.3 is 6.18 Å². The van der Waals surface area contributed by atoms with E-state index in [4.69, 9.17) is 0 Å².